The SMILES string of the molecule is CC(C)(C)CCNCC(C)(C)CCCl. The lowest BCUT2D eigenvalue weighted by Crippen LogP contribution is -2.31. The molecule has 2 heteroatoms. The van der Waals surface area contributed by atoms with E-state index >= 15 is 0 Å². The third-order valence-electron chi connectivity index (χ3n) is 2.43. The molecule has 0 aliphatic carbocycles. The van der Waals surface area contributed by atoms with Crippen LogP contribution in [0.25, 0.3) is 0 Å². The van der Waals surface area contributed by atoms with Crippen molar-refractivity contribution < 1.29 is 0 Å². The van der Waals surface area contributed by atoms with Crippen molar-refractivity contribution in [2.24, 2.45) is 10.8 Å². The summed E-state index contributed by atoms with van der Waals surface area (Å²) in [7, 11) is 0. The van der Waals surface area contributed by atoms with Crippen LogP contribution in [-0.4, -0.2) is 19.0 Å². The predicted octanol–water partition coefficient (Wildman–Crippen LogP) is 3.67. The molecule has 0 atom stereocenters. The number of hydrogen-bond donors (Lipinski definition) is 1. The molecule has 0 aliphatic rings. The van der Waals surface area contributed by atoms with E-state index in [9.17, 15) is 0 Å². The topological polar surface area (TPSA) is 12.0 Å². The predicted molar refractivity (Wildman–Crippen MR) is 66.1 cm³/mol. The van der Waals surface area contributed by atoms with E-state index in [0.717, 1.165) is 25.4 Å². The molecule has 0 amide bonds. The number of halogens is 1. The maximum atomic E-state index is 5.74. The lowest BCUT2D eigenvalue weighted by Gasteiger charge is -2.25. The van der Waals surface area contributed by atoms with Crippen molar-refractivity contribution in [3.63, 3.8) is 0 Å². The second kappa shape index (κ2) is 5.97. The molecule has 1 N–H and O–H groups in total. The van der Waals surface area contributed by atoms with Crippen LogP contribution in [0, 0.1) is 10.8 Å². The number of rotatable bonds is 6. The molecule has 0 aromatic carbocycles. The summed E-state index contributed by atoms with van der Waals surface area (Å²) in [5, 5.41) is 3.51. The van der Waals surface area contributed by atoms with E-state index in [0.29, 0.717) is 10.8 Å². The fourth-order valence-electron chi connectivity index (χ4n) is 1.23. The van der Waals surface area contributed by atoms with Gasteiger partial charge in [-0.25, -0.2) is 0 Å². The average molecular weight is 220 g/mol. The standard InChI is InChI=1S/C12H26ClN/c1-11(2,3)7-9-14-10-12(4,5)6-8-13/h14H,6-10H2,1-5H3. The van der Waals surface area contributed by atoms with Gasteiger partial charge in [-0.1, -0.05) is 34.6 Å². The monoisotopic (exact) mass is 219 g/mol. The lowest BCUT2D eigenvalue weighted by molar-refractivity contribution is 0.307. The molecule has 86 valence electrons. The summed E-state index contributed by atoms with van der Waals surface area (Å²) >= 11 is 5.74. The van der Waals surface area contributed by atoms with Crippen LogP contribution in [0.5, 0.6) is 0 Å². The van der Waals surface area contributed by atoms with Gasteiger partial charge in [0.05, 0.1) is 0 Å². The smallest absolute Gasteiger partial charge is 0.0229 e. The first-order chi connectivity index (χ1) is 6.27. The fraction of sp³-hybridized carbons (Fsp3) is 1.00. The van der Waals surface area contributed by atoms with Crippen LogP contribution in [0.1, 0.15) is 47.5 Å². The van der Waals surface area contributed by atoms with E-state index in [-0.39, 0.29) is 0 Å². The minimum absolute atomic E-state index is 0.333. The van der Waals surface area contributed by atoms with Crippen LogP contribution < -0.4 is 5.32 Å². The van der Waals surface area contributed by atoms with Gasteiger partial charge in [0.2, 0.25) is 0 Å². The second-order valence-electron chi connectivity index (χ2n) is 6.09. The molecule has 1 nitrogen and oxygen atoms in total. The summed E-state index contributed by atoms with van der Waals surface area (Å²) in [5.74, 6) is 0.758. The van der Waals surface area contributed by atoms with E-state index in [2.05, 4.69) is 39.9 Å². The first kappa shape index (κ1) is 14.2. The highest BCUT2D eigenvalue weighted by Crippen LogP contribution is 2.20. The molecule has 0 bridgehead atoms. The van der Waals surface area contributed by atoms with Gasteiger partial charge in [-0.05, 0) is 30.2 Å². The van der Waals surface area contributed by atoms with E-state index in [4.69, 9.17) is 11.6 Å². The summed E-state index contributed by atoms with van der Waals surface area (Å²) < 4.78 is 0. The first-order valence-electron chi connectivity index (χ1n) is 5.54. The fourth-order valence-corrected chi connectivity index (χ4v) is 1.75. The van der Waals surface area contributed by atoms with Crippen LogP contribution in [0.2, 0.25) is 0 Å². The van der Waals surface area contributed by atoms with Gasteiger partial charge < -0.3 is 5.32 Å². The summed E-state index contributed by atoms with van der Waals surface area (Å²) in [6.45, 7) is 13.5. The van der Waals surface area contributed by atoms with Crippen LogP contribution in [-0.2, 0) is 0 Å². The molecule has 0 heterocycles. The Balaban J connectivity index is 3.54. The van der Waals surface area contributed by atoms with Gasteiger partial charge in [0.15, 0.2) is 0 Å². The van der Waals surface area contributed by atoms with E-state index in [1.807, 2.05) is 0 Å². The zero-order chi connectivity index (χ0) is 11.2. The summed E-state index contributed by atoms with van der Waals surface area (Å²) in [6, 6.07) is 0. The molecule has 0 aliphatic heterocycles. The second-order valence-corrected chi connectivity index (χ2v) is 6.47. The first-order valence-corrected chi connectivity index (χ1v) is 6.07. The molecule has 0 aromatic heterocycles. The summed E-state index contributed by atoms with van der Waals surface area (Å²) in [4.78, 5) is 0. The molecular weight excluding hydrogens is 194 g/mol. The molecule has 0 spiro atoms. The Morgan fingerprint density at radius 1 is 1.00 bits per heavy atom. The van der Waals surface area contributed by atoms with Gasteiger partial charge in [0.25, 0.3) is 0 Å². The van der Waals surface area contributed by atoms with Crippen LogP contribution in [0.15, 0.2) is 0 Å². The molecule has 0 rings (SSSR count). The molecular formula is C12H26ClN. The Morgan fingerprint density at radius 3 is 2.00 bits per heavy atom. The molecule has 0 aromatic rings. The number of hydrogen-bond acceptors (Lipinski definition) is 1. The van der Waals surface area contributed by atoms with E-state index in [1.165, 1.54) is 6.42 Å². The Labute approximate surface area is 94.6 Å². The van der Waals surface area contributed by atoms with Gasteiger partial charge >= 0.3 is 0 Å². The zero-order valence-corrected chi connectivity index (χ0v) is 11.2. The Bertz CT molecular complexity index is 147. The third kappa shape index (κ3) is 8.83. The van der Waals surface area contributed by atoms with E-state index in [1.54, 1.807) is 0 Å². The van der Waals surface area contributed by atoms with Crippen molar-refractivity contribution >= 4 is 11.6 Å². The van der Waals surface area contributed by atoms with Gasteiger partial charge in [-0.15, -0.1) is 11.6 Å². The quantitative estimate of drug-likeness (QED) is 0.531. The number of nitrogens with one attached hydrogen (secondary N) is 1. The normalized spacial score (nSPS) is 13.3. The molecule has 0 unspecified atom stereocenters. The third-order valence-corrected chi connectivity index (χ3v) is 2.62. The maximum absolute atomic E-state index is 5.74. The largest absolute Gasteiger partial charge is 0.316 e. The summed E-state index contributed by atoms with van der Waals surface area (Å²) in [6.07, 6.45) is 2.31. The van der Waals surface area contributed by atoms with Gasteiger partial charge in [-0.3, -0.25) is 0 Å². The van der Waals surface area contributed by atoms with Crippen molar-refractivity contribution in [2.45, 2.75) is 47.5 Å². The highest BCUT2D eigenvalue weighted by atomic mass is 35.5. The summed E-state index contributed by atoms with van der Waals surface area (Å²) in [5.41, 5.74) is 0.767. The van der Waals surface area contributed by atoms with Crippen molar-refractivity contribution in [3.05, 3.63) is 0 Å². The number of alkyl halides is 1. The van der Waals surface area contributed by atoms with Crippen molar-refractivity contribution in [3.8, 4) is 0 Å². The maximum Gasteiger partial charge on any atom is 0.0229 e. The molecule has 14 heavy (non-hydrogen) atoms. The Hall–Kier alpha value is 0.250. The van der Waals surface area contributed by atoms with Gasteiger partial charge in [0.1, 0.15) is 0 Å². The van der Waals surface area contributed by atoms with Crippen molar-refractivity contribution in [1.82, 2.24) is 5.32 Å². The van der Waals surface area contributed by atoms with Gasteiger partial charge in [0, 0.05) is 12.4 Å². The zero-order valence-electron chi connectivity index (χ0n) is 10.4. The van der Waals surface area contributed by atoms with Crippen LogP contribution in [0.3, 0.4) is 0 Å². The molecule has 0 saturated heterocycles. The Kier molecular flexibility index (Phi) is 6.08. The molecule has 0 fully saturated rings. The molecule has 0 saturated carbocycles. The highest BCUT2D eigenvalue weighted by Gasteiger charge is 2.16. The minimum atomic E-state index is 0.333. The molecule has 0 radical (unpaired) electrons. The van der Waals surface area contributed by atoms with Crippen molar-refractivity contribution in [2.75, 3.05) is 19.0 Å². The van der Waals surface area contributed by atoms with Gasteiger partial charge in [-0.2, -0.15) is 0 Å². The van der Waals surface area contributed by atoms with E-state index < -0.39 is 0 Å². The Morgan fingerprint density at radius 2 is 1.57 bits per heavy atom. The van der Waals surface area contributed by atoms with Crippen LogP contribution >= 0.6 is 11.6 Å². The lowest BCUT2D eigenvalue weighted by atomic mass is 9.89. The average Bonchev–Trinajstić information content (AvgIpc) is 1.96. The highest BCUT2D eigenvalue weighted by molar-refractivity contribution is 6.17. The minimum Gasteiger partial charge on any atom is -0.316 e. The van der Waals surface area contributed by atoms with Crippen molar-refractivity contribution in [1.29, 1.82) is 0 Å². The van der Waals surface area contributed by atoms with Crippen LogP contribution in [0.4, 0.5) is 0 Å².